The van der Waals surface area contributed by atoms with Gasteiger partial charge in [0.15, 0.2) is 0 Å². The molecular formula is C32H44S4Si4. The van der Waals surface area contributed by atoms with Gasteiger partial charge in [0, 0.05) is 44.5 Å². The van der Waals surface area contributed by atoms with Crippen molar-refractivity contribution in [3.63, 3.8) is 0 Å². The molecule has 0 saturated carbocycles. The van der Waals surface area contributed by atoms with E-state index < -0.39 is 35.2 Å². The van der Waals surface area contributed by atoms with Crippen molar-refractivity contribution in [3.8, 4) is 44.5 Å². The van der Waals surface area contributed by atoms with E-state index in [0.29, 0.717) is 0 Å². The summed E-state index contributed by atoms with van der Waals surface area (Å²) in [5.41, 5.74) is 13.1. The highest BCUT2D eigenvalue weighted by Gasteiger charge is 2.36. The van der Waals surface area contributed by atoms with Crippen LogP contribution in [0.25, 0.3) is 44.5 Å². The first-order chi connectivity index (χ1) is 19.5. The molecule has 8 heteroatoms. The van der Waals surface area contributed by atoms with Crippen molar-refractivity contribution in [2.45, 2.75) is 104 Å². The van der Waals surface area contributed by atoms with E-state index in [-0.39, 0.29) is 0 Å². The Labute approximate surface area is 266 Å². The maximum absolute atomic E-state index is 2.62. The van der Waals surface area contributed by atoms with E-state index in [1.54, 1.807) is 62.5 Å². The molecular weight excluding hydrogens is 625 g/mol. The molecule has 4 heterocycles. The smallest absolute Gasteiger partial charge is 0.0995 e. The molecule has 0 fully saturated rings. The molecule has 0 saturated heterocycles. The summed E-state index contributed by atoms with van der Waals surface area (Å²) >= 11 is 8.48. The van der Waals surface area contributed by atoms with Gasteiger partial charge in [-0.25, -0.2) is 0 Å². The van der Waals surface area contributed by atoms with Gasteiger partial charge in [-0.1, -0.05) is 104 Å². The van der Waals surface area contributed by atoms with Crippen LogP contribution in [0.4, 0.5) is 0 Å². The van der Waals surface area contributed by atoms with Crippen LogP contribution in [0.15, 0.2) is 21.5 Å². The number of thiophene rings is 4. The predicted octanol–water partition coefficient (Wildman–Crippen LogP) is 9.88. The van der Waals surface area contributed by atoms with Gasteiger partial charge in [0.1, 0.15) is 0 Å². The van der Waals surface area contributed by atoms with Crippen LogP contribution < -0.4 is 18.0 Å². The van der Waals surface area contributed by atoms with Gasteiger partial charge in [-0.05, 0) is 39.5 Å². The van der Waals surface area contributed by atoms with Gasteiger partial charge < -0.3 is 0 Å². The van der Waals surface area contributed by atoms with E-state index in [1.165, 1.54) is 48.4 Å². The van der Waals surface area contributed by atoms with E-state index in [9.17, 15) is 0 Å². The first-order valence-electron chi connectivity index (χ1n) is 15.4. The van der Waals surface area contributed by atoms with Crippen molar-refractivity contribution in [1.82, 2.24) is 0 Å². The average Bonchev–Trinajstić information content (AvgIpc) is 3.75. The van der Waals surface area contributed by atoms with Crippen LogP contribution in [0.3, 0.4) is 0 Å². The average molecular weight is 669 g/mol. The van der Waals surface area contributed by atoms with Crippen molar-refractivity contribution in [1.29, 1.82) is 0 Å². The second-order valence-corrected chi connectivity index (χ2v) is 28.1. The molecule has 0 atom stereocenters. The lowest BCUT2D eigenvalue weighted by Crippen LogP contribution is -2.31. The normalized spacial score (nSPS) is 12.7. The lowest BCUT2D eigenvalue weighted by atomic mass is 9.88. The minimum absolute atomic E-state index is 0.559. The van der Waals surface area contributed by atoms with Gasteiger partial charge in [-0.3, -0.25) is 0 Å². The van der Waals surface area contributed by atoms with E-state index in [4.69, 9.17) is 0 Å². The highest BCUT2D eigenvalue weighted by molar-refractivity contribution is 7.26. The van der Waals surface area contributed by atoms with Crippen LogP contribution in [0.2, 0.25) is 48.4 Å². The third-order valence-corrected chi connectivity index (χ3v) is 27.4. The molecule has 0 aliphatic heterocycles. The molecule has 0 aromatic carbocycles. The summed E-state index contributed by atoms with van der Waals surface area (Å²) in [6.07, 6.45) is 0. The maximum Gasteiger partial charge on any atom is 0.0995 e. The van der Waals surface area contributed by atoms with Gasteiger partial charge in [-0.15, -0.1) is 0 Å². The van der Waals surface area contributed by atoms with Gasteiger partial charge in [0.2, 0.25) is 0 Å². The Bertz CT molecular complexity index is 1180. The van der Waals surface area contributed by atoms with Gasteiger partial charge >= 0.3 is 0 Å². The summed E-state index contributed by atoms with van der Waals surface area (Å²) in [5, 5.41) is 10.5. The Balaban J connectivity index is 1.95. The minimum Gasteiger partial charge on any atom is -0.153 e. The fourth-order valence-corrected chi connectivity index (χ4v) is 23.7. The second kappa shape index (κ2) is 13.5. The van der Waals surface area contributed by atoms with Gasteiger partial charge in [-0.2, -0.15) is 45.3 Å². The zero-order valence-electron chi connectivity index (χ0n) is 25.6. The fraction of sp³-hybridized carbons (Fsp3) is 0.500. The van der Waals surface area contributed by atoms with Gasteiger partial charge in [0.05, 0.1) is 35.2 Å². The molecule has 0 unspecified atom stereocenters. The number of rotatable bonds is 12. The highest BCUT2D eigenvalue weighted by atomic mass is 32.1. The van der Waals surface area contributed by atoms with Crippen molar-refractivity contribution in [3.05, 3.63) is 21.5 Å². The first-order valence-corrected chi connectivity index (χ1v) is 26.6. The largest absolute Gasteiger partial charge is 0.153 e. The molecule has 5 rings (SSSR count). The van der Waals surface area contributed by atoms with Crippen LogP contribution in [-0.4, -0.2) is 35.2 Å². The highest BCUT2D eigenvalue weighted by Crippen LogP contribution is 2.51. The zero-order valence-corrected chi connectivity index (χ0v) is 32.9. The topological polar surface area (TPSA) is 0 Å². The molecule has 0 N–H and O–H groups in total. The number of hydrogen-bond acceptors (Lipinski definition) is 4. The van der Waals surface area contributed by atoms with E-state index >= 15 is 0 Å². The quantitative estimate of drug-likeness (QED) is 0.116. The first kappa shape index (κ1) is 31.1. The van der Waals surface area contributed by atoms with Crippen LogP contribution in [0, 0.1) is 0 Å². The molecule has 4 aromatic rings. The van der Waals surface area contributed by atoms with Crippen LogP contribution in [0.1, 0.15) is 55.4 Å². The second-order valence-electron chi connectivity index (χ2n) is 10.7. The molecule has 40 heavy (non-hydrogen) atoms. The Hall–Kier alpha value is -0.332. The SMILES string of the molecule is CC[Si](CC)c1scc2c1-c1csc([Si](CC)CC)c1-c1csc([Si](CC)CC)c1-c1csc([Si](CC)CC)c1-2. The molecule has 4 aromatic heterocycles. The number of fused-ring (bicyclic) bond motifs is 8. The lowest BCUT2D eigenvalue weighted by Gasteiger charge is -2.23. The van der Waals surface area contributed by atoms with Crippen LogP contribution in [0.5, 0.6) is 0 Å². The summed E-state index contributed by atoms with van der Waals surface area (Å²) in [6.45, 7) is 19.6. The Kier molecular flexibility index (Phi) is 10.5. The summed E-state index contributed by atoms with van der Waals surface area (Å²) in [5.74, 6) is 0. The lowest BCUT2D eigenvalue weighted by molar-refractivity contribution is 1.33. The molecule has 0 spiro atoms. The van der Waals surface area contributed by atoms with Crippen LogP contribution >= 0.6 is 45.3 Å². The Morgan fingerprint density at radius 1 is 0.350 bits per heavy atom. The number of hydrogen-bond donors (Lipinski definition) is 0. The predicted molar refractivity (Wildman–Crippen MR) is 199 cm³/mol. The Morgan fingerprint density at radius 3 is 0.675 bits per heavy atom. The summed E-state index contributed by atoms with van der Waals surface area (Å²) in [7, 11) is -2.24. The van der Waals surface area contributed by atoms with Gasteiger partial charge in [0.25, 0.3) is 0 Å². The van der Waals surface area contributed by atoms with Crippen molar-refractivity contribution in [2.75, 3.05) is 0 Å². The van der Waals surface area contributed by atoms with Crippen molar-refractivity contribution >= 4 is 98.5 Å². The molecule has 4 radical (unpaired) electrons. The molecule has 0 amide bonds. The molecule has 0 nitrogen and oxygen atoms in total. The molecule has 0 bridgehead atoms. The molecule has 1 aliphatic carbocycles. The zero-order chi connectivity index (χ0) is 28.6. The maximum atomic E-state index is 2.62. The third kappa shape index (κ3) is 5.10. The fourth-order valence-electron chi connectivity index (χ4n) is 6.56. The Morgan fingerprint density at radius 2 is 0.525 bits per heavy atom. The summed E-state index contributed by atoms with van der Waals surface area (Å²) in [4.78, 5) is 0. The van der Waals surface area contributed by atoms with E-state index in [2.05, 4.69) is 122 Å². The molecule has 212 valence electrons. The summed E-state index contributed by atoms with van der Waals surface area (Å²) < 4.78 is 7.03. The summed E-state index contributed by atoms with van der Waals surface area (Å²) in [6, 6.07) is 10.6. The monoisotopic (exact) mass is 668 g/mol. The minimum atomic E-state index is -0.559. The third-order valence-electron chi connectivity index (χ3n) is 8.94. The standard InChI is InChI=1S/C32H44S4Si4/c1-9-37(10-2)29-25-21(17-33-29)26-23(19-35-30(26)38(11-3)12-4)28-24(20-36-32(28)40(15-7)16-8)27-22(25)18-34-31(27)39(13-5)14-6/h17-20H,9-16H2,1-8H3. The van der Waals surface area contributed by atoms with E-state index in [1.807, 2.05) is 0 Å². The van der Waals surface area contributed by atoms with Crippen molar-refractivity contribution < 1.29 is 0 Å². The molecule has 1 aliphatic rings. The van der Waals surface area contributed by atoms with Crippen molar-refractivity contribution in [2.24, 2.45) is 0 Å². The van der Waals surface area contributed by atoms with Crippen LogP contribution in [-0.2, 0) is 0 Å². The van der Waals surface area contributed by atoms with E-state index in [0.717, 1.165) is 0 Å².